The Hall–Kier alpha value is -2.32. The van der Waals surface area contributed by atoms with Gasteiger partial charge in [0.2, 0.25) is 0 Å². The summed E-state index contributed by atoms with van der Waals surface area (Å²) in [5.74, 6) is -0.904. The van der Waals surface area contributed by atoms with Gasteiger partial charge in [0, 0.05) is 22.3 Å². The summed E-state index contributed by atoms with van der Waals surface area (Å²) in [5.41, 5.74) is 0.370. The van der Waals surface area contributed by atoms with Crippen molar-refractivity contribution in [1.82, 2.24) is 0 Å². The second-order valence-corrected chi connectivity index (χ2v) is 14.1. The largest absolute Gasteiger partial charge is 0.289 e. The van der Waals surface area contributed by atoms with Gasteiger partial charge in [0.1, 0.15) is 0 Å². The molecule has 0 atom stereocenters. The molecule has 8 heteroatoms. The number of sulfone groups is 2. The summed E-state index contributed by atoms with van der Waals surface area (Å²) in [5, 5.41) is -0.929. The molecule has 5 rings (SSSR count). The van der Waals surface area contributed by atoms with Crippen molar-refractivity contribution in [3.05, 3.63) is 58.7 Å². The lowest BCUT2D eigenvalue weighted by molar-refractivity contribution is 0.0978. The van der Waals surface area contributed by atoms with Gasteiger partial charge in [-0.15, -0.1) is 0 Å². The minimum Gasteiger partial charge on any atom is -0.289 e. The van der Waals surface area contributed by atoms with Crippen LogP contribution in [0.4, 0.5) is 0 Å². The van der Waals surface area contributed by atoms with Crippen molar-refractivity contribution in [3.8, 4) is 0 Å². The minimum atomic E-state index is -3.60. The van der Waals surface area contributed by atoms with Crippen LogP contribution in [0.5, 0.6) is 0 Å². The van der Waals surface area contributed by atoms with Gasteiger partial charge in [-0.1, -0.05) is 38.5 Å². The maximum Gasteiger partial charge on any atom is 0.194 e. The number of hydrogen-bond donors (Lipinski definition) is 0. The van der Waals surface area contributed by atoms with E-state index in [1.54, 1.807) is 0 Å². The predicted octanol–water partition coefficient (Wildman–Crippen LogP) is 4.67. The monoisotopic (exact) mass is 500 g/mol. The molecule has 0 saturated heterocycles. The van der Waals surface area contributed by atoms with E-state index in [9.17, 15) is 26.4 Å². The first-order valence-electron chi connectivity index (χ1n) is 12.1. The number of fused-ring (bicyclic) bond motifs is 2. The van der Waals surface area contributed by atoms with E-state index in [4.69, 9.17) is 0 Å². The van der Waals surface area contributed by atoms with Crippen LogP contribution in [0, 0.1) is 0 Å². The standard InChI is InChI=1S/C26H28O6S2/c27-25-22-14-12-20(34(31,32)18-9-5-2-6-10-18)16-24(22)26(28)21-13-11-19(15-23(21)25)33(29,30)17-7-3-1-4-8-17/h11-18H,1-10H2. The van der Waals surface area contributed by atoms with Crippen LogP contribution in [0.1, 0.15) is 96.1 Å². The first-order valence-corrected chi connectivity index (χ1v) is 15.2. The fourth-order valence-corrected chi connectivity index (χ4v) is 9.36. The Balaban J connectivity index is 1.51. The van der Waals surface area contributed by atoms with Crippen LogP contribution in [-0.2, 0) is 19.7 Å². The normalized spacial score (nSPS) is 20.1. The van der Waals surface area contributed by atoms with Gasteiger partial charge >= 0.3 is 0 Å². The molecule has 0 bridgehead atoms. The lowest BCUT2D eigenvalue weighted by atomic mass is 9.84. The fraction of sp³-hybridized carbons (Fsp3) is 0.462. The van der Waals surface area contributed by atoms with E-state index in [0.29, 0.717) is 25.7 Å². The number of carbonyl (C=O) groups is 2. The van der Waals surface area contributed by atoms with Gasteiger partial charge in [-0.05, 0) is 62.1 Å². The van der Waals surface area contributed by atoms with Gasteiger partial charge in [-0.3, -0.25) is 9.59 Å². The van der Waals surface area contributed by atoms with E-state index in [0.717, 1.165) is 38.5 Å². The molecule has 0 unspecified atom stereocenters. The van der Waals surface area contributed by atoms with E-state index < -0.39 is 41.7 Å². The molecule has 2 aromatic carbocycles. The molecular formula is C26H28O6S2. The first kappa shape index (κ1) is 23.4. The van der Waals surface area contributed by atoms with Crippen LogP contribution in [0.25, 0.3) is 0 Å². The molecular weight excluding hydrogens is 472 g/mol. The van der Waals surface area contributed by atoms with Crippen LogP contribution in [0.2, 0.25) is 0 Å². The number of carbonyl (C=O) groups excluding carboxylic acids is 2. The van der Waals surface area contributed by atoms with Gasteiger partial charge < -0.3 is 0 Å². The van der Waals surface area contributed by atoms with E-state index in [2.05, 4.69) is 0 Å². The topological polar surface area (TPSA) is 102 Å². The Morgan fingerprint density at radius 2 is 0.853 bits per heavy atom. The highest BCUT2D eigenvalue weighted by Crippen LogP contribution is 2.35. The molecule has 180 valence electrons. The maximum absolute atomic E-state index is 13.3. The van der Waals surface area contributed by atoms with Gasteiger partial charge in [-0.25, -0.2) is 16.8 Å². The number of hydrogen-bond acceptors (Lipinski definition) is 6. The number of ketones is 2. The zero-order chi connectivity index (χ0) is 24.1. The second-order valence-electron chi connectivity index (χ2n) is 9.68. The van der Waals surface area contributed by atoms with Crippen molar-refractivity contribution in [2.75, 3.05) is 0 Å². The second kappa shape index (κ2) is 8.72. The van der Waals surface area contributed by atoms with E-state index in [1.165, 1.54) is 36.4 Å². The Morgan fingerprint density at radius 1 is 0.500 bits per heavy atom. The molecule has 3 aliphatic rings. The van der Waals surface area contributed by atoms with Crippen LogP contribution in [-0.4, -0.2) is 38.9 Å². The van der Waals surface area contributed by atoms with Crippen molar-refractivity contribution in [3.63, 3.8) is 0 Å². The molecule has 0 N–H and O–H groups in total. The minimum absolute atomic E-state index is 0.0669. The Bertz CT molecular complexity index is 1270. The highest BCUT2D eigenvalue weighted by molar-refractivity contribution is 7.92. The highest BCUT2D eigenvalue weighted by Gasteiger charge is 2.36. The molecule has 2 fully saturated rings. The molecule has 0 radical (unpaired) electrons. The molecule has 2 aromatic rings. The lowest BCUT2D eigenvalue weighted by Gasteiger charge is -2.24. The van der Waals surface area contributed by atoms with Gasteiger partial charge in [0.15, 0.2) is 31.2 Å². The molecule has 34 heavy (non-hydrogen) atoms. The van der Waals surface area contributed by atoms with Gasteiger partial charge in [0.25, 0.3) is 0 Å². The SMILES string of the molecule is O=C1c2ccc(S(=O)(=O)C3CCCCC3)cc2C(=O)c2ccc(S(=O)(=O)C3CCCCC3)cc21. The summed E-state index contributed by atoms with van der Waals surface area (Å²) in [6.07, 6.45) is 7.94. The Labute approximate surface area is 200 Å². The highest BCUT2D eigenvalue weighted by atomic mass is 32.2. The fourth-order valence-electron chi connectivity index (χ4n) is 5.60. The van der Waals surface area contributed by atoms with Crippen molar-refractivity contribution in [2.24, 2.45) is 0 Å². The zero-order valence-corrected chi connectivity index (χ0v) is 20.6. The summed E-state index contributed by atoms with van der Waals surface area (Å²) >= 11 is 0. The summed E-state index contributed by atoms with van der Waals surface area (Å²) < 4.78 is 52.6. The third-order valence-electron chi connectivity index (χ3n) is 7.60. The van der Waals surface area contributed by atoms with Crippen LogP contribution in [0.15, 0.2) is 46.2 Å². The van der Waals surface area contributed by atoms with Crippen LogP contribution in [0.3, 0.4) is 0 Å². The molecule has 0 aliphatic heterocycles. The molecule has 3 aliphatic carbocycles. The maximum atomic E-state index is 13.3. The van der Waals surface area contributed by atoms with E-state index in [-0.39, 0.29) is 32.0 Å². The molecule has 2 saturated carbocycles. The summed E-state index contributed by atoms with van der Waals surface area (Å²) in [6.45, 7) is 0. The van der Waals surface area contributed by atoms with Crippen molar-refractivity contribution >= 4 is 31.2 Å². The lowest BCUT2D eigenvalue weighted by Crippen LogP contribution is -2.27. The van der Waals surface area contributed by atoms with Crippen molar-refractivity contribution in [2.45, 2.75) is 84.5 Å². The quantitative estimate of drug-likeness (QED) is 0.516. The summed E-state index contributed by atoms with van der Waals surface area (Å²) in [6, 6.07) is 8.26. The van der Waals surface area contributed by atoms with Crippen LogP contribution < -0.4 is 0 Å². The average molecular weight is 501 g/mol. The van der Waals surface area contributed by atoms with Gasteiger partial charge in [-0.2, -0.15) is 0 Å². The van der Waals surface area contributed by atoms with Crippen molar-refractivity contribution in [1.29, 1.82) is 0 Å². The van der Waals surface area contributed by atoms with E-state index in [1.807, 2.05) is 0 Å². The van der Waals surface area contributed by atoms with Crippen LogP contribution >= 0.6 is 0 Å². The Morgan fingerprint density at radius 3 is 1.21 bits per heavy atom. The smallest absolute Gasteiger partial charge is 0.194 e. The Kier molecular flexibility index (Phi) is 6.01. The zero-order valence-electron chi connectivity index (χ0n) is 19.0. The first-order chi connectivity index (χ1) is 16.2. The van der Waals surface area contributed by atoms with Crippen molar-refractivity contribution < 1.29 is 26.4 Å². The molecule has 0 spiro atoms. The summed E-state index contributed by atoms with van der Waals surface area (Å²) in [4.78, 5) is 26.7. The predicted molar refractivity (Wildman–Crippen MR) is 128 cm³/mol. The summed E-state index contributed by atoms with van der Waals surface area (Å²) in [7, 11) is -7.19. The third-order valence-corrected chi connectivity index (χ3v) is 12.1. The van der Waals surface area contributed by atoms with E-state index >= 15 is 0 Å². The molecule has 0 aromatic heterocycles. The average Bonchev–Trinajstić information content (AvgIpc) is 2.87. The molecule has 0 amide bonds. The molecule has 6 nitrogen and oxygen atoms in total. The number of rotatable bonds is 4. The van der Waals surface area contributed by atoms with Gasteiger partial charge in [0.05, 0.1) is 20.3 Å². The molecule has 0 heterocycles. The number of benzene rings is 2. The third kappa shape index (κ3) is 3.85.